The maximum atomic E-state index is 12.4. The molecule has 0 fully saturated rings. The molecule has 0 saturated carbocycles. The first-order valence-corrected chi connectivity index (χ1v) is 19.4. The zero-order valence-corrected chi connectivity index (χ0v) is 30.3. The number of nitrogens with zero attached hydrogens (tertiary/aromatic N) is 2. The summed E-state index contributed by atoms with van der Waals surface area (Å²) in [5.74, 6) is -0.379. The van der Waals surface area contributed by atoms with Gasteiger partial charge in [0.25, 0.3) is 11.8 Å². The lowest BCUT2D eigenvalue weighted by Gasteiger charge is -2.36. The van der Waals surface area contributed by atoms with E-state index in [1.807, 2.05) is 84.9 Å². The van der Waals surface area contributed by atoms with E-state index in [4.69, 9.17) is 18.6 Å². The third-order valence-electron chi connectivity index (χ3n) is 8.62. The van der Waals surface area contributed by atoms with Gasteiger partial charge in [-0.25, -0.2) is 0 Å². The number of carbonyl (C=O) groups is 2. The Hall–Kier alpha value is -5.62. The lowest BCUT2D eigenvalue weighted by molar-refractivity contribution is 0.0980. The molecule has 51 heavy (non-hydrogen) atoms. The zero-order chi connectivity index (χ0) is 36.4. The molecule has 0 saturated heterocycles. The summed E-state index contributed by atoms with van der Waals surface area (Å²) < 4.78 is 16.5. The highest BCUT2D eigenvalue weighted by Crippen LogP contribution is 2.37. The van der Waals surface area contributed by atoms with E-state index in [-0.39, 0.29) is 35.0 Å². The van der Waals surface area contributed by atoms with Crippen LogP contribution in [-0.2, 0) is 17.6 Å². The van der Waals surface area contributed by atoms with E-state index in [0.29, 0.717) is 29.4 Å². The molecule has 2 amide bonds. The van der Waals surface area contributed by atoms with Crippen LogP contribution < -0.4 is 10.6 Å². The monoisotopic (exact) mass is 702 g/mol. The first-order valence-electron chi connectivity index (χ1n) is 16.5. The molecule has 0 radical (unpaired) electrons. The predicted molar refractivity (Wildman–Crippen MR) is 201 cm³/mol. The van der Waals surface area contributed by atoms with Crippen LogP contribution in [-0.4, -0.2) is 35.6 Å². The largest absolute Gasteiger partial charge is 0.413 e. The first kappa shape index (κ1) is 36.7. The first-order chi connectivity index (χ1) is 24.4. The van der Waals surface area contributed by atoms with Gasteiger partial charge in [0.1, 0.15) is 11.4 Å². The summed E-state index contributed by atoms with van der Waals surface area (Å²) in [6.45, 7) is 11.7. The van der Waals surface area contributed by atoms with E-state index in [0.717, 1.165) is 22.3 Å². The Kier molecular flexibility index (Phi) is 11.8. The van der Waals surface area contributed by atoms with Crippen molar-refractivity contribution in [1.29, 1.82) is 0 Å². The van der Waals surface area contributed by atoms with E-state index in [1.54, 1.807) is 36.4 Å². The molecule has 0 spiro atoms. The Morgan fingerprint density at radius 1 is 0.667 bits per heavy atom. The second kappa shape index (κ2) is 16.4. The molecule has 262 valence electrons. The average Bonchev–Trinajstić information content (AvgIpc) is 3.84. The van der Waals surface area contributed by atoms with Gasteiger partial charge in [0.2, 0.25) is 11.5 Å². The highest BCUT2D eigenvalue weighted by Gasteiger charge is 2.37. The topological polar surface area (TPSA) is 140 Å². The van der Waals surface area contributed by atoms with Crippen LogP contribution in [0.4, 0.5) is 11.4 Å². The van der Waals surface area contributed by atoms with Gasteiger partial charge in [-0.15, -0.1) is 0 Å². The SMILES string of the molecule is CC(C)(C)[Si](C)(C)OCc1ccc(NC(=O)c2cc(-c3ccccc3)no2)cc1.O=C(Nc1ccc(CO)cc1)c1cc(-c2ccccc2)no1. The molecular formula is C40H42N4O6Si. The number of nitrogens with one attached hydrogen (secondary N) is 2. The van der Waals surface area contributed by atoms with Gasteiger partial charge in [0, 0.05) is 34.6 Å². The maximum absolute atomic E-state index is 12.4. The van der Waals surface area contributed by atoms with Gasteiger partial charge in [0.05, 0.1) is 13.2 Å². The number of anilines is 2. The van der Waals surface area contributed by atoms with E-state index < -0.39 is 8.32 Å². The molecule has 2 aromatic heterocycles. The fourth-order valence-corrected chi connectivity index (χ4v) is 5.46. The number of benzene rings is 4. The fraction of sp³-hybridized carbons (Fsp3) is 0.200. The third kappa shape index (κ3) is 9.98. The van der Waals surface area contributed by atoms with Crippen molar-refractivity contribution in [1.82, 2.24) is 10.3 Å². The minimum absolute atomic E-state index is 0.0310. The van der Waals surface area contributed by atoms with Crippen molar-refractivity contribution < 1.29 is 28.2 Å². The normalized spacial score (nSPS) is 11.3. The molecule has 0 aliphatic rings. The van der Waals surface area contributed by atoms with Crippen molar-refractivity contribution in [3.05, 3.63) is 144 Å². The van der Waals surface area contributed by atoms with Crippen molar-refractivity contribution >= 4 is 31.5 Å². The predicted octanol–water partition coefficient (Wildman–Crippen LogP) is 9.20. The second-order valence-corrected chi connectivity index (χ2v) is 18.2. The minimum Gasteiger partial charge on any atom is -0.413 e. The van der Waals surface area contributed by atoms with Gasteiger partial charge >= 0.3 is 0 Å². The number of carbonyl (C=O) groups excluding carboxylic acids is 2. The Balaban J connectivity index is 0.000000205. The molecule has 3 N–H and O–H groups in total. The Morgan fingerprint density at radius 2 is 1.08 bits per heavy atom. The maximum Gasteiger partial charge on any atom is 0.294 e. The van der Waals surface area contributed by atoms with Gasteiger partial charge in [0.15, 0.2) is 8.32 Å². The van der Waals surface area contributed by atoms with Crippen molar-refractivity contribution in [2.75, 3.05) is 10.6 Å². The van der Waals surface area contributed by atoms with Gasteiger partial charge < -0.3 is 29.2 Å². The van der Waals surface area contributed by atoms with Crippen LogP contribution >= 0.6 is 0 Å². The molecule has 6 aromatic rings. The molecule has 0 bridgehead atoms. The number of hydrogen-bond acceptors (Lipinski definition) is 8. The summed E-state index contributed by atoms with van der Waals surface area (Å²) in [7, 11) is -1.79. The van der Waals surface area contributed by atoms with E-state index in [9.17, 15) is 9.59 Å². The van der Waals surface area contributed by atoms with Crippen molar-refractivity contribution in [2.45, 2.75) is 52.1 Å². The summed E-state index contributed by atoms with van der Waals surface area (Å²) in [6.07, 6.45) is 0. The molecule has 4 aromatic carbocycles. The van der Waals surface area contributed by atoms with Crippen LogP contribution in [0.1, 0.15) is 53.0 Å². The van der Waals surface area contributed by atoms with Crippen LogP contribution in [0.15, 0.2) is 130 Å². The minimum atomic E-state index is -1.79. The van der Waals surface area contributed by atoms with Crippen LogP contribution in [0.5, 0.6) is 0 Å². The van der Waals surface area contributed by atoms with Crippen LogP contribution in [0, 0.1) is 0 Å². The standard InChI is InChI=1S/C23H28N2O3Si.C17H14N2O3/c1-23(2,3)29(4,5)27-16-17-11-13-19(14-12-17)24-22(26)21-15-20(25-28-21)18-9-7-6-8-10-18;20-11-12-6-8-14(9-7-12)18-17(21)16-10-15(19-22-16)13-4-2-1-3-5-13/h6-15H,16H2,1-5H3,(H,24,26);1-10,20H,11H2,(H,18,21). The van der Waals surface area contributed by atoms with E-state index in [1.165, 1.54) is 0 Å². The summed E-state index contributed by atoms with van der Waals surface area (Å²) in [5, 5.41) is 22.6. The molecule has 10 nitrogen and oxygen atoms in total. The molecule has 0 aliphatic carbocycles. The summed E-state index contributed by atoms with van der Waals surface area (Å²) in [6, 6.07) is 37.0. The van der Waals surface area contributed by atoms with Gasteiger partial charge in [-0.05, 0) is 53.5 Å². The molecule has 0 aliphatic heterocycles. The Labute approximate surface area is 298 Å². The molecule has 0 atom stereocenters. The van der Waals surface area contributed by atoms with Crippen LogP contribution in [0.25, 0.3) is 22.5 Å². The summed E-state index contributed by atoms with van der Waals surface area (Å²) >= 11 is 0. The van der Waals surface area contributed by atoms with Crippen LogP contribution in [0.3, 0.4) is 0 Å². The second-order valence-electron chi connectivity index (χ2n) is 13.4. The van der Waals surface area contributed by atoms with Crippen molar-refractivity contribution in [3.63, 3.8) is 0 Å². The van der Waals surface area contributed by atoms with E-state index in [2.05, 4.69) is 54.8 Å². The number of aliphatic hydroxyl groups excluding tert-OH is 1. The molecule has 6 rings (SSSR count). The number of aromatic nitrogens is 2. The van der Waals surface area contributed by atoms with Crippen LogP contribution in [0.2, 0.25) is 18.1 Å². The Bertz CT molecular complexity index is 2020. The van der Waals surface area contributed by atoms with Crippen molar-refractivity contribution in [2.24, 2.45) is 0 Å². The summed E-state index contributed by atoms with van der Waals surface area (Å²) in [5.41, 5.74) is 6.22. The van der Waals surface area contributed by atoms with Crippen molar-refractivity contribution in [3.8, 4) is 22.5 Å². The highest BCUT2D eigenvalue weighted by molar-refractivity contribution is 6.74. The van der Waals surface area contributed by atoms with E-state index >= 15 is 0 Å². The molecule has 2 heterocycles. The lowest BCUT2D eigenvalue weighted by Crippen LogP contribution is -2.40. The molecular weight excluding hydrogens is 661 g/mol. The zero-order valence-electron chi connectivity index (χ0n) is 29.3. The third-order valence-corrected chi connectivity index (χ3v) is 13.1. The highest BCUT2D eigenvalue weighted by atomic mass is 28.4. The Morgan fingerprint density at radius 3 is 1.47 bits per heavy atom. The van der Waals surface area contributed by atoms with Gasteiger partial charge in [-0.2, -0.15) is 0 Å². The fourth-order valence-electron chi connectivity index (χ4n) is 4.50. The number of aliphatic hydroxyl groups is 1. The number of hydrogen-bond donors (Lipinski definition) is 3. The number of rotatable bonds is 10. The quantitative estimate of drug-likeness (QED) is 0.120. The lowest BCUT2D eigenvalue weighted by atomic mass is 10.1. The van der Waals surface area contributed by atoms with Gasteiger partial charge in [-0.3, -0.25) is 9.59 Å². The smallest absolute Gasteiger partial charge is 0.294 e. The average molecular weight is 703 g/mol. The summed E-state index contributed by atoms with van der Waals surface area (Å²) in [4.78, 5) is 24.6. The number of amides is 2. The van der Waals surface area contributed by atoms with Gasteiger partial charge in [-0.1, -0.05) is 116 Å². The molecule has 0 unspecified atom stereocenters. The molecule has 11 heteroatoms.